The van der Waals surface area contributed by atoms with E-state index in [1.165, 1.54) is 0 Å². The number of carbonyl (C=O) groups is 2. The highest BCUT2D eigenvalue weighted by atomic mass is 16.2. The zero-order valence-electron chi connectivity index (χ0n) is 11.3. The Morgan fingerprint density at radius 3 is 2.62 bits per heavy atom. The number of benzene rings is 2. The van der Waals surface area contributed by atoms with E-state index < -0.39 is 5.41 Å². The molecule has 0 spiro atoms. The Kier molecular flexibility index (Phi) is 2.42. The van der Waals surface area contributed by atoms with Crippen LogP contribution in [0, 0.1) is 5.92 Å². The summed E-state index contributed by atoms with van der Waals surface area (Å²) in [6, 6.07) is 16.9. The van der Waals surface area contributed by atoms with Crippen molar-refractivity contribution in [2.75, 3.05) is 10.6 Å². The maximum atomic E-state index is 12.7. The van der Waals surface area contributed by atoms with Gasteiger partial charge in [0.25, 0.3) is 0 Å². The van der Waals surface area contributed by atoms with Gasteiger partial charge in [0.1, 0.15) is 0 Å². The van der Waals surface area contributed by atoms with Crippen molar-refractivity contribution in [3.05, 3.63) is 60.2 Å². The van der Waals surface area contributed by atoms with E-state index in [-0.39, 0.29) is 17.7 Å². The van der Waals surface area contributed by atoms with Crippen LogP contribution in [-0.4, -0.2) is 11.8 Å². The Hall–Kier alpha value is -2.62. The summed E-state index contributed by atoms with van der Waals surface area (Å²) in [6.07, 6.45) is 0.578. The third-order valence-corrected chi connectivity index (χ3v) is 4.38. The summed E-state index contributed by atoms with van der Waals surface area (Å²) in [5.74, 6) is -0.408. The molecule has 1 heterocycles. The first-order chi connectivity index (χ1) is 10.2. The quantitative estimate of drug-likeness (QED) is 0.887. The lowest BCUT2D eigenvalue weighted by atomic mass is 9.88. The highest BCUT2D eigenvalue weighted by Gasteiger charge is 2.67. The smallest absolute Gasteiger partial charge is 0.235 e. The SMILES string of the molecule is O=C1Nc2ccccc2[C@@]2(C(=O)Nc3ccccc3)C[C@@H]12. The lowest BCUT2D eigenvalue weighted by Crippen LogP contribution is -2.37. The summed E-state index contributed by atoms with van der Waals surface area (Å²) in [7, 11) is 0. The normalized spacial score (nSPS) is 25.3. The third-order valence-electron chi connectivity index (χ3n) is 4.38. The van der Waals surface area contributed by atoms with Gasteiger partial charge in [0, 0.05) is 11.4 Å². The van der Waals surface area contributed by atoms with Crippen LogP contribution in [0.1, 0.15) is 12.0 Å². The number of carbonyl (C=O) groups excluding carboxylic acids is 2. The molecule has 2 aromatic carbocycles. The van der Waals surface area contributed by atoms with Crippen LogP contribution in [-0.2, 0) is 15.0 Å². The van der Waals surface area contributed by atoms with E-state index in [1.54, 1.807) is 0 Å². The molecule has 4 heteroatoms. The van der Waals surface area contributed by atoms with Gasteiger partial charge in [0.2, 0.25) is 11.8 Å². The average molecular weight is 278 g/mol. The Balaban J connectivity index is 1.72. The van der Waals surface area contributed by atoms with Crippen molar-refractivity contribution in [1.29, 1.82) is 0 Å². The predicted octanol–water partition coefficient (Wildman–Crippen LogP) is 2.54. The fourth-order valence-corrected chi connectivity index (χ4v) is 3.22. The summed E-state index contributed by atoms with van der Waals surface area (Å²) in [6.45, 7) is 0. The van der Waals surface area contributed by atoms with Crippen LogP contribution in [0.4, 0.5) is 11.4 Å². The molecule has 2 aliphatic rings. The molecule has 1 fully saturated rings. The van der Waals surface area contributed by atoms with Gasteiger partial charge in [-0.05, 0) is 30.2 Å². The summed E-state index contributed by atoms with van der Waals surface area (Å²) in [5, 5.41) is 5.81. The number of hydrogen-bond donors (Lipinski definition) is 2. The molecule has 1 aliphatic heterocycles. The maximum absolute atomic E-state index is 12.7. The van der Waals surface area contributed by atoms with Gasteiger partial charge in [0.05, 0.1) is 11.3 Å². The van der Waals surface area contributed by atoms with E-state index >= 15 is 0 Å². The number of anilines is 2. The first kappa shape index (κ1) is 12.1. The van der Waals surface area contributed by atoms with Crippen LogP contribution in [0.2, 0.25) is 0 Å². The van der Waals surface area contributed by atoms with Gasteiger partial charge in [-0.15, -0.1) is 0 Å². The molecule has 2 amide bonds. The third kappa shape index (κ3) is 1.69. The van der Waals surface area contributed by atoms with Gasteiger partial charge >= 0.3 is 0 Å². The minimum absolute atomic E-state index is 0.0584. The molecule has 0 radical (unpaired) electrons. The van der Waals surface area contributed by atoms with E-state index in [0.29, 0.717) is 6.42 Å². The van der Waals surface area contributed by atoms with Crippen LogP contribution >= 0.6 is 0 Å². The minimum Gasteiger partial charge on any atom is -0.326 e. The Bertz CT molecular complexity index is 741. The molecule has 21 heavy (non-hydrogen) atoms. The lowest BCUT2D eigenvalue weighted by Gasteiger charge is -2.25. The van der Waals surface area contributed by atoms with E-state index in [0.717, 1.165) is 16.9 Å². The zero-order valence-corrected chi connectivity index (χ0v) is 11.3. The van der Waals surface area contributed by atoms with Crippen LogP contribution < -0.4 is 10.6 Å². The van der Waals surface area contributed by atoms with Crippen molar-refractivity contribution in [3.8, 4) is 0 Å². The first-order valence-corrected chi connectivity index (χ1v) is 6.99. The molecule has 0 bridgehead atoms. The summed E-state index contributed by atoms with van der Waals surface area (Å²) in [4.78, 5) is 24.8. The highest BCUT2D eigenvalue weighted by molar-refractivity contribution is 6.13. The topological polar surface area (TPSA) is 58.2 Å². The number of para-hydroxylation sites is 2. The number of hydrogen-bond acceptors (Lipinski definition) is 2. The highest BCUT2D eigenvalue weighted by Crippen LogP contribution is 2.59. The van der Waals surface area contributed by atoms with E-state index in [2.05, 4.69) is 10.6 Å². The standard InChI is InChI=1S/C17H14N2O2/c20-15-13-10-17(13,12-8-4-5-9-14(12)19-15)16(21)18-11-6-2-1-3-7-11/h1-9,13H,10H2,(H,18,21)(H,19,20)/t13-,17-/m0/s1. The molecule has 2 N–H and O–H groups in total. The second-order valence-corrected chi connectivity index (χ2v) is 5.58. The fourth-order valence-electron chi connectivity index (χ4n) is 3.22. The Morgan fingerprint density at radius 2 is 1.81 bits per heavy atom. The monoisotopic (exact) mass is 278 g/mol. The van der Waals surface area contributed by atoms with Gasteiger partial charge in [-0.2, -0.15) is 0 Å². The molecule has 104 valence electrons. The van der Waals surface area contributed by atoms with Gasteiger partial charge in [-0.3, -0.25) is 9.59 Å². The summed E-state index contributed by atoms with van der Waals surface area (Å²) in [5.41, 5.74) is 1.72. The number of rotatable bonds is 2. The van der Waals surface area contributed by atoms with Crippen molar-refractivity contribution < 1.29 is 9.59 Å². The van der Waals surface area contributed by atoms with Crippen molar-refractivity contribution in [2.45, 2.75) is 11.8 Å². The molecule has 4 rings (SSSR count). The van der Waals surface area contributed by atoms with Gasteiger partial charge in [-0.25, -0.2) is 0 Å². The minimum atomic E-state index is -0.700. The molecule has 1 saturated carbocycles. The largest absolute Gasteiger partial charge is 0.326 e. The van der Waals surface area contributed by atoms with Crippen LogP contribution in [0.25, 0.3) is 0 Å². The summed E-state index contributed by atoms with van der Waals surface area (Å²) >= 11 is 0. The van der Waals surface area contributed by atoms with Crippen molar-refractivity contribution >= 4 is 23.2 Å². The zero-order chi connectivity index (χ0) is 14.4. The van der Waals surface area contributed by atoms with Crippen LogP contribution in [0.3, 0.4) is 0 Å². The fraction of sp³-hybridized carbons (Fsp3) is 0.176. The average Bonchev–Trinajstić information content (AvgIpc) is 3.26. The second kappa shape index (κ2) is 4.19. The van der Waals surface area contributed by atoms with E-state index in [4.69, 9.17) is 0 Å². The molecule has 0 saturated heterocycles. The van der Waals surface area contributed by atoms with Gasteiger partial charge in [0.15, 0.2) is 0 Å². The van der Waals surface area contributed by atoms with Crippen molar-refractivity contribution in [3.63, 3.8) is 0 Å². The molecule has 2 atom stereocenters. The van der Waals surface area contributed by atoms with E-state index in [9.17, 15) is 9.59 Å². The molecule has 4 nitrogen and oxygen atoms in total. The molecule has 1 aliphatic carbocycles. The van der Waals surface area contributed by atoms with Crippen LogP contribution in [0.5, 0.6) is 0 Å². The summed E-state index contributed by atoms with van der Waals surface area (Å²) < 4.78 is 0. The number of amides is 2. The first-order valence-electron chi connectivity index (χ1n) is 6.99. The van der Waals surface area contributed by atoms with Gasteiger partial charge < -0.3 is 10.6 Å². The van der Waals surface area contributed by atoms with Crippen molar-refractivity contribution in [2.24, 2.45) is 5.92 Å². The molecular weight excluding hydrogens is 264 g/mol. The van der Waals surface area contributed by atoms with E-state index in [1.807, 2.05) is 54.6 Å². The Morgan fingerprint density at radius 1 is 1.10 bits per heavy atom. The lowest BCUT2D eigenvalue weighted by molar-refractivity contribution is -0.123. The molecule has 0 aromatic heterocycles. The van der Waals surface area contributed by atoms with Crippen LogP contribution in [0.15, 0.2) is 54.6 Å². The number of nitrogens with one attached hydrogen (secondary N) is 2. The maximum Gasteiger partial charge on any atom is 0.235 e. The predicted molar refractivity (Wildman–Crippen MR) is 79.9 cm³/mol. The van der Waals surface area contributed by atoms with Crippen molar-refractivity contribution in [1.82, 2.24) is 0 Å². The second-order valence-electron chi connectivity index (χ2n) is 5.58. The number of fused-ring (bicyclic) bond motifs is 3. The van der Waals surface area contributed by atoms with Gasteiger partial charge in [-0.1, -0.05) is 36.4 Å². The Labute approximate surface area is 122 Å². The molecular formula is C17H14N2O2. The molecule has 2 aromatic rings. The molecule has 0 unspecified atom stereocenters.